The van der Waals surface area contributed by atoms with E-state index in [2.05, 4.69) is 9.98 Å². The van der Waals surface area contributed by atoms with Crippen LogP contribution in [0.2, 0.25) is 0 Å². The van der Waals surface area contributed by atoms with E-state index in [1.165, 1.54) is 6.20 Å². The number of pyridine rings is 1. The van der Waals surface area contributed by atoms with E-state index in [1.54, 1.807) is 12.1 Å². The lowest BCUT2D eigenvalue weighted by Crippen LogP contribution is -2.52. The van der Waals surface area contributed by atoms with Crippen LogP contribution in [0.1, 0.15) is 12.0 Å². The van der Waals surface area contributed by atoms with Gasteiger partial charge in [-0.2, -0.15) is 4.39 Å². The average molecular weight is 355 g/mol. The molecule has 3 aliphatic rings. The van der Waals surface area contributed by atoms with Gasteiger partial charge in [-0.05, 0) is 29.8 Å². The van der Waals surface area contributed by atoms with Crippen LogP contribution in [-0.4, -0.2) is 36.9 Å². The number of aromatic nitrogens is 1. The molecule has 1 spiro atoms. The summed E-state index contributed by atoms with van der Waals surface area (Å²) in [6.07, 6.45) is 2.22. The molecule has 5 rings (SSSR count). The normalized spacial score (nSPS) is 29.3. The lowest BCUT2D eigenvalue weighted by Gasteiger charge is -2.45. The number of benzene rings is 1. The highest BCUT2D eigenvalue weighted by Gasteiger charge is 2.54. The molecule has 6 nitrogen and oxygen atoms in total. The minimum absolute atomic E-state index is 0.00112. The first kappa shape index (κ1) is 15.6. The van der Waals surface area contributed by atoms with Crippen molar-refractivity contribution in [1.82, 2.24) is 4.98 Å². The van der Waals surface area contributed by atoms with E-state index in [0.717, 1.165) is 17.7 Å². The maximum atomic E-state index is 14.2. The number of nitrogens with two attached hydrogens (primary N) is 1. The van der Waals surface area contributed by atoms with E-state index in [1.807, 2.05) is 18.2 Å². The maximum Gasteiger partial charge on any atom is 0.283 e. The number of fused-ring (bicyclic) bond motifs is 4. The fourth-order valence-corrected chi connectivity index (χ4v) is 4.18. The number of rotatable bonds is 1. The molecule has 0 amide bonds. The van der Waals surface area contributed by atoms with Gasteiger partial charge in [0, 0.05) is 23.7 Å². The van der Waals surface area contributed by atoms with Crippen LogP contribution in [0.25, 0.3) is 11.1 Å². The minimum atomic E-state index is -0.669. The first-order valence-corrected chi connectivity index (χ1v) is 8.65. The van der Waals surface area contributed by atoms with Gasteiger partial charge in [0.05, 0.1) is 19.1 Å². The van der Waals surface area contributed by atoms with Gasteiger partial charge in [0.1, 0.15) is 24.0 Å². The molecule has 134 valence electrons. The third kappa shape index (κ3) is 2.20. The Kier molecular flexibility index (Phi) is 3.40. The lowest BCUT2D eigenvalue weighted by atomic mass is 9.72. The van der Waals surface area contributed by atoms with Crippen molar-refractivity contribution in [2.45, 2.75) is 18.1 Å². The van der Waals surface area contributed by atoms with E-state index in [4.69, 9.17) is 19.9 Å². The van der Waals surface area contributed by atoms with E-state index in [-0.39, 0.29) is 18.0 Å². The van der Waals surface area contributed by atoms with Gasteiger partial charge in [0.15, 0.2) is 0 Å². The van der Waals surface area contributed by atoms with E-state index < -0.39 is 11.5 Å². The van der Waals surface area contributed by atoms with Gasteiger partial charge < -0.3 is 19.9 Å². The molecule has 26 heavy (non-hydrogen) atoms. The zero-order valence-corrected chi connectivity index (χ0v) is 14.0. The predicted molar refractivity (Wildman–Crippen MR) is 92.2 cm³/mol. The predicted octanol–water partition coefficient (Wildman–Crippen LogP) is 2.23. The SMILES string of the molecule is NC1=NC2(CO1)c1cc(-c3cccnc3F)ccc1OC1CCOC[C@H]12. The zero-order chi connectivity index (χ0) is 17.7. The molecule has 2 N–H and O–H groups in total. The summed E-state index contributed by atoms with van der Waals surface area (Å²) in [6.45, 7) is 1.51. The number of nitrogens with zero attached hydrogens (tertiary/aromatic N) is 2. The molecule has 7 heteroatoms. The number of halogens is 1. The highest BCUT2D eigenvalue weighted by molar-refractivity contribution is 5.75. The molecule has 0 radical (unpaired) electrons. The Labute approximate surface area is 149 Å². The highest BCUT2D eigenvalue weighted by Crippen LogP contribution is 2.50. The zero-order valence-electron chi connectivity index (χ0n) is 14.0. The van der Waals surface area contributed by atoms with Crippen molar-refractivity contribution >= 4 is 6.02 Å². The van der Waals surface area contributed by atoms with E-state index >= 15 is 0 Å². The van der Waals surface area contributed by atoms with Gasteiger partial charge in [-0.3, -0.25) is 0 Å². The number of hydrogen-bond acceptors (Lipinski definition) is 6. The third-order valence-corrected chi connectivity index (χ3v) is 5.45. The number of hydrogen-bond donors (Lipinski definition) is 1. The summed E-state index contributed by atoms with van der Waals surface area (Å²) in [5.41, 5.74) is 7.20. The molecule has 1 fully saturated rings. The molecule has 0 bridgehead atoms. The molecule has 4 heterocycles. The molecule has 0 aliphatic carbocycles. The van der Waals surface area contributed by atoms with E-state index in [0.29, 0.717) is 30.9 Å². The van der Waals surface area contributed by atoms with Crippen molar-refractivity contribution < 1.29 is 18.6 Å². The second kappa shape index (κ2) is 5.67. The summed E-state index contributed by atoms with van der Waals surface area (Å²) >= 11 is 0. The average Bonchev–Trinajstić information content (AvgIpc) is 3.05. The fourth-order valence-electron chi connectivity index (χ4n) is 4.18. The third-order valence-electron chi connectivity index (χ3n) is 5.45. The van der Waals surface area contributed by atoms with E-state index in [9.17, 15) is 4.39 Å². The summed E-state index contributed by atoms with van der Waals surface area (Å²) in [7, 11) is 0. The van der Waals surface area contributed by atoms with Crippen molar-refractivity contribution in [3.05, 3.63) is 48.0 Å². The van der Waals surface area contributed by atoms with Crippen LogP contribution in [0, 0.1) is 11.9 Å². The highest BCUT2D eigenvalue weighted by atomic mass is 19.1. The summed E-state index contributed by atoms with van der Waals surface area (Å²) < 4.78 is 31.6. The molecule has 2 aromatic rings. The van der Waals surface area contributed by atoms with Crippen molar-refractivity contribution in [2.75, 3.05) is 19.8 Å². The van der Waals surface area contributed by atoms with Gasteiger partial charge in [-0.15, -0.1) is 0 Å². The molecule has 0 saturated carbocycles. The quantitative estimate of drug-likeness (QED) is 0.794. The van der Waals surface area contributed by atoms with Crippen LogP contribution in [0.15, 0.2) is 41.5 Å². The maximum absolute atomic E-state index is 14.2. The second-order valence-corrected chi connectivity index (χ2v) is 6.84. The van der Waals surface area contributed by atoms with Crippen molar-refractivity contribution in [3.8, 4) is 16.9 Å². The number of aliphatic imine (C=N–C) groups is 1. The van der Waals surface area contributed by atoms with Crippen molar-refractivity contribution in [1.29, 1.82) is 0 Å². The fraction of sp³-hybridized carbons (Fsp3) is 0.368. The van der Waals surface area contributed by atoms with Gasteiger partial charge in [-0.25, -0.2) is 9.98 Å². The molecule has 3 aliphatic heterocycles. The molecule has 1 saturated heterocycles. The largest absolute Gasteiger partial charge is 0.489 e. The van der Waals surface area contributed by atoms with Crippen molar-refractivity contribution in [2.24, 2.45) is 16.6 Å². The molecule has 1 aromatic heterocycles. The molecule has 2 unspecified atom stereocenters. The Morgan fingerprint density at radius 2 is 2.19 bits per heavy atom. The summed E-state index contributed by atoms with van der Waals surface area (Å²) in [5, 5.41) is 0. The molecule has 1 aromatic carbocycles. The number of amidine groups is 1. The smallest absolute Gasteiger partial charge is 0.283 e. The van der Waals surface area contributed by atoms with Crippen molar-refractivity contribution in [3.63, 3.8) is 0 Å². The van der Waals surface area contributed by atoms with Gasteiger partial charge >= 0.3 is 0 Å². The first-order chi connectivity index (χ1) is 12.7. The van der Waals surface area contributed by atoms with Crippen LogP contribution >= 0.6 is 0 Å². The molecular weight excluding hydrogens is 337 g/mol. The topological polar surface area (TPSA) is 79.0 Å². The van der Waals surface area contributed by atoms with Crippen LogP contribution in [0.5, 0.6) is 5.75 Å². The minimum Gasteiger partial charge on any atom is -0.489 e. The Morgan fingerprint density at radius 3 is 3.00 bits per heavy atom. The Morgan fingerprint density at radius 1 is 1.27 bits per heavy atom. The Bertz CT molecular complexity index is 903. The second-order valence-electron chi connectivity index (χ2n) is 6.84. The lowest BCUT2D eigenvalue weighted by molar-refractivity contribution is -0.0726. The van der Waals surface area contributed by atoms with Gasteiger partial charge in [-0.1, -0.05) is 6.07 Å². The van der Waals surface area contributed by atoms with Crippen LogP contribution in [-0.2, 0) is 15.0 Å². The number of ether oxygens (including phenoxy) is 3. The molecular formula is C19H18FN3O3. The monoisotopic (exact) mass is 355 g/mol. The van der Waals surface area contributed by atoms with Crippen LogP contribution in [0.4, 0.5) is 4.39 Å². The van der Waals surface area contributed by atoms with Gasteiger partial charge in [0.2, 0.25) is 5.95 Å². The summed E-state index contributed by atoms with van der Waals surface area (Å²) in [5.74, 6) is 0.227. The van der Waals surface area contributed by atoms with Crippen LogP contribution in [0.3, 0.4) is 0 Å². The summed E-state index contributed by atoms with van der Waals surface area (Å²) in [4.78, 5) is 8.41. The standard InChI is InChI=1S/C19H18FN3O3/c20-17-12(2-1-6-22-17)11-3-4-15-13(8-11)19(10-25-18(21)23-19)14-9-24-7-5-16(14)26-15/h1-4,6,8,14,16H,5,7,9-10H2,(H2,21,23)/t14-,16?,19?/m1/s1. The first-order valence-electron chi connectivity index (χ1n) is 8.65. The van der Waals surface area contributed by atoms with Crippen LogP contribution < -0.4 is 10.5 Å². The Balaban J connectivity index is 1.69. The summed E-state index contributed by atoms with van der Waals surface area (Å²) in [6, 6.07) is 9.20. The molecule has 3 atom stereocenters. The van der Waals surface area contributed by atoms with Gasteiger partial charge in [0.25, 0.3) is 6.02 Å². The Hall–Kier alpha value is -2.67.